The second kappa shape index (κ2) is 8.21. The summed E-state index contributed by atoms with van der Waals surface area (Å²) in [7, 11) is 1.77. The predicted octanol–water partition coefficient (Wildman–Crippen LogP) is 4.09. The van der Waals surface area contributed by atoms with E-state index < -0.39 is 0 Å². The van der Waals surface area contributed by atoms with Gasteiger partial charge in [0.1, 0.15) is 0 Å². The lowest BCUT2D eigenvalue weighted by Crippen LogP contribution is -2.26. The number of unbranched alkanes of at least 4 members (excludes halogenated alkanes) is 1. The van der Waals surface area contributed by atoms with Crippen LogP contribution in [-0.2, 0) is 13.1 Å². The smallest absolute Gasteiger partial charge is 0.256 e. The number of hydrogen-bond acceptors (Lipinski definition) is 3. The van der Waals surface area contributed by atoms with Gasteiger partial charge < -0.3 is 9.47 Å². The van der Waals surface area contributed by atoms with Crippen LogP contribution < -0.4 is 0 Å². The number of rotatable bonds is 6. The first-order valence-corrected chi connectivity index (χ1v) is 8.83. The quantitative estimate of drug-likeness (QED) is 0.625. The lowest BCUT2D eigenvalue weighted by Gasteiger charge is -2.17. The van der Waals surface area contributed by atoms with Crippen LogP contribution in [-0.4, -0.2) is 22.4 Å². The molecule has 0 spiro atoms. The highest BCUT2D eigenvalue weighted by Crippen LogP contribution is 2.23. The zero-order valence-corrected chi connectivity index (χ0v) is 15.2. The maximum absolute atomic E-state index is 13.1. The number of aryl methyl sites for hydroxylation is 1. The largest absolute Gasteiger partial charge is 0.347 e. The van der Waals surface area contributed by atoms with E-state index in [2.05, 4.69) is 12.1 Å². The third-order valence-corrected chi connectivity index (χ3v) is 4.53. The standard InChI is InChI=1S/C22H20N4O/c1-25(15-18-8-6-7-17(13-18)14-24)22(27)20-16-26(12-5-4-11-23)21-10-3-2-9-19(20)21/h2-3,6-10,13,16H,4-5,12,15H2,1H3. The summed E-state index contributed by atoms with van der Waals surface area (Å²) in [6.45, 7) is 1.14. The lowest BCUT2D eigenvalue weighted by atomic mass is 10.1. The van der Waals surface area contributed by atoms with Gasteiger partial charge in [-0.1, -0.05) is 30.3 Å². The van der Waals surface area contributed by atoms with E-state index >= 15 is 0 Å². The number of nitriles is 2. The van der Waals surface area contributed by atoms with Crippen molar-refractivity contribution < 1.29 is 4.79 Å². The molecular weight excluding hydrogens is 336 g/mol. The van der Waals surface area contributed by atoms with E-state index in [9.17, 15) is 4.79 Å². The normalized spacial score (nSPS) is 10.3. The van der Waals surface area contributed by atoms with Crippen LogP contribution in [0.15, 0.2) is 54.7 Å². The summed E-state index contributed by atoms with van der Waals surface area (Å²) in [6.07, 6.45) is 3.12. The molecule has 3 rings (SSSR count). The van der Waals surface area contributed by atoms with E-state index in [4.69, 9.17) is 10.5 Å². The molecule has 0 saturated heterocycles. The molecule has 1 aromatic heterocycles. The number of amides is 1. The Morgan fingerprint density at radius 2 is 1.96 bits per heavy atom. The van der Waals surface area contributed by atoms with Crippen LogP contribution in [0.25, 0.3) is 10.9 Å². The third kappa shape index (κ3) is 3.99. The van der Waals surface area contributed by atoms with Crippen LogP contribution in [0, 0.1) is 22.7 Å². The topological polar surface area (TPSA) is 72.8 Å². The molecule has 0 saturated carbocycles. The van der Waals surface area contributed by atoms with Gasteiger partial charge in [0.25, 0.3) is 5.91 Å². The first kappa shape index (κ1) is 18.2. The number of fused-ring (bicyclic) bond motifs is 1. The number of carbonyl (C=O) groups excluding carboxylic acids is 1. The minimum atomic E-state index is -0.0624. The van der Waals surface area contributed by atoms with Gasteiger partial charge in [0.05, 0.1) is 23.3 Å². The van der Waals surface area contributed by atoms with Gasteiger partial charge in [0, 0.05) is 43.7 Å². The average molecular weight is 356 g/mol. The molecule has 1 heterocycles. The zero-order chi connectivity index (χ0) is 19.2. The third-order valence-electron chi connectivity index (χ3n) is 4.53. The van der Waals surface area contributed by atoms with E-state index in [0.29, 0.717) is 30.6 Å². The Hall–Kier alpha value is -3.57. The Morgan fingerprint density at radius 3 is 2.74 bits per heavy atom. The first-order chi connectivity index (χ1) is 13.1. The van der Waals surface area contributed by atoms with Crippen molar-refractivity contribution in [3.8, 4) is 12.1 Å². The van der Waals surface area contributed by atoms with Crippen LogP contribution in [0.3, 0.4) is 0 Å². The molecule has 0 aliphatic heterocycles. The molecule has 3 aromatic rings. The Kier molecular flexibility index (Phi) is 5.54. The van der Waals surface area contributed by atoms with Gasteiger partial charge in [-0.3, -0.25) is 4.79 Å². The molecule has 134 valence electrons. The molecule has 1 amide bonds. The SMILES string of the molecule is CN(Cc1cccc(C#N)c1)C(=O)c1cn(CCCC#N)c2ccccc12. The van der Waals surface area contributed by atoms with Crippen molar-refractivity contribution in [2.24, 2.45) is 0 Å². The van der Waals surface area contributed by atoms with Gasteiger partial charge in [-0.25, -0.2) is 0 Å². The number of nitrogens with zero attached hydrogens (tertiary/aromatic N) is 4. The number of para-hydroxylation sites is 1. The van der Waals surface area contributed by atoms with Gasteiger partial charge in [-0.2, -0.15) is 10.5 Å². The predicted molar refractivity (Wildman–Crippen MR) is 104 cm³/mol. The second-order valence-corrected chi connectivity index (χ2v) is 6.49. The fourth-order valence-corrected chi connectivity index (χ4v) is 3.22. The van der Waals surface area contributed by atoms with Crippen molar-refractivity contribution in [2.45, 2.75) is 25.9 Å². The highest BCUT2D eigenvalue weighted by molar-refractivity contribution is 6.06. The Bertz CT molecular complexity index is 1050. The number of hydrogen-bond donors (Lipinski definition) is 0. The molecule has 0 unspecified atom stereocenters. The molecule has 0 atom stereocenters. The number of carbonyl (C=O) groups is 1. The van der Waals surface area contributed by atoms with E-state index in [1.54, 1.807) is 24.1 Å². The van der Waals surface area contributed by atoms with Crippen molar-refractivity contribution in [1.29, 1.82) is 10.5 Å². The van der Waals surface area contributed by atoms with Crippen molar-refractivity contribution in [3.05, 3.63) is 71.4 Å². The van der Waals surface area contributed by atoms with E-state index in [1.807, 2.05) is 47.2 Å². The summed E-state index contributed by atoms with van der Waals surface area (Å²) in [6, 6.07) is 19.4. The molecule has 27 heavy (non-hydrogen) atoms. The average Bonchev–Trinajstić information content (AvgIpc) is 3.06. The number of benzene rings is 2. The molecule has 5 heteroatoms. The molecule has 2 aromatic carbocycles. The summed E-state index contributed by atoms with van der Waals surface area (Å²) < 4.78 is 2.05. The summed E-state index contributed by atoms with van der Waals surface area (Å²) >= 11 is 0. The van der Waals surface area contributed by atoms with Crippen LogP contribution in [0.5, 0.6) is 0 Å². The molecule has 5 nitrogen and oxygen atoms in total. The van der Waals surface area contributed by atoms with Crippen molar-refractivity contribution in [1.82, 2.24) is 9.47 Å². The maximum Gasteiger partial charge on any atom is 0.256 e. The maximum atomic E-state index is 13.1. The molecule has 0 bridgehead atoms. The monoisotopic (exact) mass is 356 g/mol. The number of aromatic nitrogens is 1. The van der Waals surface area contributed by atoms with Crippen LogP contribution in [0.2, 0.25) is 0 Å². The Balaban J connectivity index is 1.86. The van der Waals surface area contributed by atoms with Crippen molar-refractivity contribution >= 4 is 16.8 Å². The van der Waals surface area contributed by atoms with Gasteiger partial charge >= 0.3 is 0 Å². The van der Waals surface area contributed by atoms with Crippen LogP contribution >= 0.6 is 0 Å². The Morgan fingerprint density at radius 1 is 1.15 bits per heavy atom. The van der Waals surface area contributed by atoms with E-state index in [1.165, 1.54) is 0 Å². The van der Waals surface area contributed by atoms with Gasteiger partial charge in [-0.15, -0.1) is 0 Å². The molecule has 0 aliphatic rings. The fraction of sp³-hybridized carbons (Fsp3) is 0.227. The van der Waals surface area contributed by atoms with Gasteiger partial charge in [-0.05, 0) is 30.2 Å². The summed E-state index contributed by atoms with van der Waals surface area (Å²) in [5.74, 6) is -0.0624. The molecular formula is C22H20N4O. The second-order valence-electron chi connectivity index (χ2n) is 6.49. The Labute approximate surface area is 158 Å². The summed E-state index contributed by atoms with van der Waals surface area (Å²) in [4.78, 5) is 14.7. The first-order valence-electron chi connectivity index (χ1n) is 8.83. The van der Waals surface area contributed by atoms with Crippen molar-refractivity contribution in [2.75, 3.05) is 7.05 Å². The van der Waals surface area contributed by atoms with Gasteiger partial charge in [0.15, 0.2) is 0 Å². The van der Waals surface area contributed by atoms with Crippen LogP contribution in [0.1, 0.15) is 34.3 Å². The van der Waals surface area contributed by atoms with Gasteiger partial charge in [0.2, 0.25) is 0 Å². The fourth-order valence-electron chi connectivity index (χ4n) is 3.22. The van der Waals surface area contributed by atoms with Crippen molar-refractivity contribution in [3.63, 3.8) is 0 Å². The highest BCUT2D eigenvalue weighted by Gasteiger charge is 2.18. The minimum absolute atomic E-state index is 0.0624. The van der Waals surface area contributed by atoms with Crippen LogP contribution in [0.4, 0.5) is 0 Å². The molecule has 0 radical (unpaired) electrons. The lowest BCUT2D eigenvalue weighted by molar-refractivity contribution is 0.0787. The zero-order valence-electron chi connectivity index (χ0n) is 15.2. The van der Waals surface area contributed by atoms with E-state index in [0.717, 1.165) is 22.9 Å². The minimum Gasteiger partial charge on any atom is -0.347 e. The van der Waals surface area contributed by atoms with E-state index in [-0.39, 0.29) is 5.91 Å². The highest BCUT2D eigenvalue weighted by atomic mass is 16.2. The molecule has 0 N–H and O–H groups in total. The molecule has 0 aliphatic carbocycles. The summed E-state index contributed by atoms with van der Waals surface area (Å²) in [5.41, 5.74) is 3.16. The molecule has 0 fully saturated rings. The summed E-state index contributed by atoms with van der Waals surface area (Å²) in [5, 5.41) is 18.7.